The van der Waals surface area contributed by atoms with Crippen LogP contribution in [0.3, 0.4) is 0 Å². The first-order valence-corrected chi connectivity index (χ1v) is 6.69. The van der Waals surface area contributed by atoms with Gasteiger partial charge in [-0.25, -0.2) is 0 Å². The van der Waals surface area contributed by atoms with Crippen LogP contribution in [0.4, 0.5) is 5.69 Å². The lowest BCUT2D eigenvalue weighted by Crippen LogP contribution is -2.40. The number of nitro benzene ring substituents is 1. The molecule has 1 unspecified atom stereocenters. The van der Waals surface area contributed by atoms with Gasteiger partial charge < -0.3 is 5.11 Å². The molecule has 0 heterocycles. The van der Waals surface area contributed by atoms with Crippen LogP contribution < -0.4 is 0 Å². The number of hydrogen-bond donors (Lipinski definition) is 1. The molecule has 1 fully saturated rings. The summed E-state index contributed by atoms with van der Waals surface area (Å²) in [6.45, 7) is 1.92. The van der Waals surface area contributed by atoms with E-state index in [0.29, 0.717) is 17.1 Å². The molecule has 0 aromatic heterocycles. The Labute approximate surface area is 121 Å². The highest BCUT2D eigenvalue weighted by molar-refractivity contribution is 6.31. The van der Waals surface area contributed by atoms with E-state index in [1.54, 1.807) is 6.92 Å². The van der Waals surface area contributed by atoms with Crippen LogP contribution in [-0.2, 0) is 11.3 Å². The molecule has 108 valence electrons. The van der Waals surface area contributed by atoms with E-state index in [9.17, 15) is 14.9 Å². The predicted octanol–water partition coefficient (Wildman–Crippen LogP) is 2.69. The molecule has 1 aliphatic carbocycles. The van der Waals surface area contributed by atoms with E-state index >= 15 is 0 Å². The Hall–Kier alpha value is -1.66. The number of carbonyl (C=O) groups is 1. The molecule has 7 heteroatoms. The molecular weight excluding hydrogens is 284 g/mol. The molecule has 0 saturated heterocycles. The highest BCUT2D eigenvalue weighted by atomic mass is 35.5. The zero-order valence-corrected chi connectivity index (χ0v) is 11.7. The fourth-order valence-electron chi connectivity index (χ4n) is 2.12. The second-order valence-electron chi connectivity index (χ2n) is 4.95. The van der Waals surface area contributed by atoms with Crippen molar-refractivity contribution in [1.29, 1.82) is 0 Å². The van der Waals surface area contributed by atoms with Crippen molar-refractivity contribution in [2.75, 3.05) is 0 Å². The number of nitro groups is 1. The van der Waals surface area contributed by atoms with Gasteiger partial charge in [0.25, 0.3) is 5.69 Å². The van der Waals surface area contributed by atoms with E-state index in [0.717, 1.165) is 12.8 Å². The summed E-state index contributed by atoms with van der Waals surface area (Å²) < 4.78 is 0. The third-order valence-electron chi connectivity index (χ3n) is 3.46. The molecular formula is C13H15ClN2O4. The van der Waals surface area contributed by atoms with Crippen LogP contribution >= 0.6 is 11.6 Å². The molecule has 0 radical (unpaired) electrons. The Morgan fingerprint density at radius 3 is 2.75 bits per heavy atom. The quantitative estimate of drug-likeness (QED) is 0.645. The summed E-state index contributed by atoms with van der Waals surface area (Å²) in [7, 11) is 0. The Morgan fingerprint density at radius 1 is 1.60 bits per heavy atom. The molecule has 0 aliphatic heterocycles. The number of nitrogens with zero attached hydrogens (tertiary/aromatic N) is 2. The number of halogens is 1. The summed E-state index contributed by atoms with van der Waals surface area (Å²) in [5.74, 6) is -0.904. The lowest BCUT2D eigenvalue weighted by Gasteiger charge is -2.26. The largest absolute Gasteiger partial charge is 0.480 e. The number of carboxylic acids is 1. The smallest absolute Gasteiger partial charge is 0.320 e. The SMILES string of the molecule is CC(C(=O)O)N(Cc1cc([N+](=O)[O-])ccc1Cl)C1CC1. The van der Waals surface area contributed by atoms with Gasteiger partial charge in [0.15, 0.2) is 0 Å². The minimum Gasteiger partial charge on any atom is -0.480 e. The summed E-state index contributed by atoms with van der Waals surface area (Å²) in [5.41, 5.74) is 0.545. The molecule has 20 heavy (non-hydrogen) atoms. The van der Waals surface area contributed by atoms with Crippen molar-refractivity contribution in [3.05, 3.63) is 38.9 Å². The van der Waals surface area contributed by atoms with Gasteiger partial charge >= 0.3 is 5.97 Å². The Bertz CT molecular complexity index is 545. The number of hydrogen-bond acceptors (Lipinski definition) is 4. The fraction of sp³-hybridized carbons (Fsp3) is 0.462. The standard InChI is InChI=1S/C13H15ClN2O4/c1-8(13(17)18)15(10-2-3-10)7-9-6-11(16(19)20)4-5-12(9)14/h4-6,8,10H,2-3,7H2,1H3,(H,17,18). The van der Waals surface area contributed by atoms with Crippen LogP contribution in [0.15, 0.2) is 18.2 Å². The maximum absolute atomic E-state index is 11.1. The number of carboxylic acid groups (broad SMARTS) is 1. The van der Waals surface area contributed by atoms with Crippen LogP contribution in [0.5, 0.6) is 0 Å². The van der Waals surface area contributed by atoms with Gasteiger partial charge in [0.05, 0.1) is 4.92 Å². The fourth-order valence-corrected chi connectivity index (χ4v) is 2.30. The van der Waals surface area contributed by atoms with E-state index in [2.05, 4.69) is 0 Å². The molecule has 1 saturated carbocycles. The summed E-state index contributed by atoms with van der Waals surface area (Å²) >= 11 is 6.06. The average Bonchev–Trinajstić information content (AvgIpc) is 3.20. The number of benzene rings is 1. The molecule has 1 aromatic carbocycles. The van der Waals surface area contributed by atoms with Crippen molar-refractivity contribution < 1.29 is 14.8 Å². The Balaban J connectivity index is 2.24. The summed E-state index contributed by atoms with van der Waals surface area (Å²) in [4.78, 5) is 23.3. The molecule has 0 amide bonds. The van der Waals surface area contributed by atoms with Crippen molar-refractivity contribution in [3.8, 4) is 0 Å². The first kappa shape index (κ1) is 14.7. The lowest BCUT2D eigenvalue weighted by atomic mass is 10.1. The van der Waals surface area contributed by atoms with Gasteiger partial charge in [-0.15, -0.1) is 0 Å². The molecule has 0 spiro atoms. The molecule has 0 bridgehead atoms. The van der Waals surface area contributed by atoms with Crippen LogP contribution in [0.2, 0.25) is 5.02 Å². The molecule has 1 aliphatic rings. The topological polar surface area (TPSA) is 83.7 Å². The monoisotopic (exact) mass is 298 g/mol. The molecule has 1 N–H and O–H groups in total. The van der Waals surface area contributed by atoms with E-state index in [1.807, 2.05) is 4.90 Å². The highest BCUT2D eigenvalue weighted by Crippen LogP contribution is 2.32. The normalized spacial score (nSPS) is 16.1. The van der Waals surface area contributed by atoms with Crippen LogP contribution in [0, 0.1) is 10.1 Å². The van der Waals surface area contributed by atoms with E-state index < -0.39 is 16.9 Å². The molecule has 6 nitrogen and oxygen atoms in total. The molecule has 1 aromatic rings. The van der Waals surface area contributed by atoms with Crippen molar-refractivity contribution in [2.45, 2.75) is 38.4 Å². The van der Waals surface area contributed by atoms with Gasteiger partial charge in [0.1, 0.15) is 6.04 Å². The summed E-state index contributed by atoms with van der Waals surface area (Å²) in [5, 5.41) is 20.3. The summed E-state index contributed by atoms with van der Waals surface area (Å²) in [6.07, 6.45) is 1.90. The maximum atomic E-state index is 11.1. The van der Waals surface area contributed by atoms with Crippen LogP contribution in [0.1, 0.15) is 25.3 Å². The van der Waals surface area contributed by atoms with Gasteiger partial charge in [0, 0.05) is 29.7 Å². The van der Waals surface area contributed by atoms with Crippen LogP contribution in [0.25, 0.3) is 0 Å². The number of non-ortho nitro benzene ring substituents is 1. The van der Waals surface area contributed by atoms with E-state index in [1.165, 1.54) is 18.2 Å². The number of rotatable bonds is 6. The van der Waals surface area contributed by atoms with Gasteiger partial charge in [0.2, 0.25) is 0 Å². The predicted molar refractivity (Wildman–Crippen MR) is 73.8 cm³/mol. The number of aliphatic carboxylic acids is 1. The maximum Gasteiger partial charge on any atom is 0.320 e. The van der Waals surface area contributed by atoms with Gasteiger partial charge in [-0.2, -0.15) is 0 Å². The average molecular weight is 299 g/mol. The van der Waals surface area contributed by atoms with Gasteiger partial charge in [-0.3, -0.25) is 19.8 Å². The van der Waals surface area contributed by atoms with Crippen molar-refractivity contribution in [3.63, 3.8) is 0 Å². The first-order chi connectivity index (χ1) is 9.40. The van der Waals surface area contributed by atoms with Gasteiger partial charge in [-0.1, -0.05) is 11.6 Å². The Morgan fingerprint density at radius 2 is 2.25 bits per heavy atom. The van der Waals surface area contributed by atoms with Crippen molar-refractivity contribution in [2.24, 2.45) is 0 Å². The second kappa shape index (κ2) is 5.76. The summed E-state index contributed by atoms with van der Waals surface area (Å²) in [6, 6.07) is 3.81. The highest BCUT2D eigenvalue weighted by Gasteiger charge is 2.35. The van der Waals surface area contributed by atoms with Crippen molar-refractivity contribution in [1.82, 2.24) is 4.90 Å². The zero-order chi connectivity index (χ0) is 14.9. The third-order valence-corrected chi connectivity index (χ3v) is 3.83. The van der Waals surface area contributed by atoms with E-state index in [-0.39, 0.29) is 11.7 Å². The first-order valence-electron chi connectivity index (χ1n) is 6.31. The zero-order valence-electron chi connectivity index (χ0n) is 11.0. The lowest BCUT2D eigenvalue weighted by molar-refractivity contribution is -0.384. The van der Waals surface area contributed by atoms with Gasteiger partial charge in [-0.05, 0) is 31.4 Å². The minimum absolute atomic E-state index is 0.0388. The Kier molecular flexibility index (Phi) is 4.25. The van der Waals surface area contributed by atoms with Crippen molar-refractivity contribution >= 4 is 23.3 Å². The molecule has 2 rings (SSSR count). The third kappa shape index (κ3) is 3.26. The second-order valence-corrected chi connectivity index (χ2v) is 5.36. The van der Waals surface area contributed by atoms with Crippen LogP contribution in [-0.4, -0.2) is 33.0 Å². The minimum atomic E-state index is -0.904. The van der Waals surface area contributed by atoms with E-state index in [4.69, 9.17) is 16.7 Å². The molecule has 1 atom stereocenters.